The van der Waals surface area contributed by atoms with Crippen molar-refractivity contribution in [3.05, 3.63) is 66.0 Å². The molecule has 3 aromatic rings. The summed E-state index contributed by atoms with van der Waals surface area (Å²) in [6.07, 6.45) is -5.07. The highest BCUT2D eigenvalue weighted by atomic mass is 19.4. The van der Waals surface area contributed by atoms with Gasteiger partial charge in [0.05, 0.1) is 28.8 Å². The van der Waals surface area contributed by atoms with Gasteiger partial charge in [0.1, 0.15) is 5.69 Å². The minimum absolute atomic E-state index is 0.135. The first-order chi connectivity index (χ1) is 16.5. The van der Waals surface area contributed by atoms with E-state index in [1.165, 1.54) is 21.9 Å². The number of likely N-dealkylation sites (tertiary alicyclic amines) is 2. The minimum atomic E-state index is -4.48. The molecular weight excluding hydrogens is 468 g/mol. The number of alkyl halides is 3. The molecule has 2 saturated heterocycles. The molecule has 182 valence electrons. The van der Waals surface area contributed by atoms with Gasteiger partial charge in [0.2, 0.25) is 0 Å². The standard InChI is InChI=1S/C24H20F4N4O3/c1-13(25)22(34)30-9-16(10-30)32-21-18(3-2-4-19(21)23(35)31-11-17(33)12-31)20(29-32)14-5-7-15(8-6-14)24(26,27)28/h2-8,16-17,33H,1,9-12H2. The van der Waals surface area contributed by atoms with Gasteiger partial charge in [-0.25, -0.2) is 4.39 Å². The molecule has 7 nitrogen and oxygen atoms in total. The molecule has 2 aromatic carbocycles. The van der Waals surface area contributed by atoms with Crippen molar-refractivity contribution in [2.24, 2.45) is 0 Å². The van der Waals surface area contributed by atoms with E-state index in [1.54, 1.807) is 22.9 Å². The Morgan fingerprint density at radius 2 is 1.66 bits per heavy atom. The van der Waals surface area contributed by atoms with Gasteiger partial charge in [-0.2, -0.15) is 18.3 Å². The zero-order chi connectivity index (χ0) is 25.1. The maximum Gasteiger partial charge on any atom is 0.416 e. The summed E-state index contributed by atoms with van der Waals surface area (Å²) in [5, 5.41) is 14.8. The molecule has 2 fully saturated rings. The van der Waals surface area contributed by atoms with Crippen LogP contribution in [0, 0.1) is 0 Å². The van der Waals surface area contributed by atoms with Crippen LogP contribution in [-0.4, -0.2) is 68.8 Å². The molecule has 2 aliphatic heterocycles. The lowest BCUT2D eigenvalue weighted by Crippen LogP contribution is -2.53. The predicted octanol–water partition coefficient (Wildman–Crippen LogP) is 3.41. The first kappa shape index (κ1) is 23.0. The number of carbonyl (C=O) groups is 2. The van der Waals surface area contributed by atoms with Crippen molar-refractivity contribution in [2.75, 3.05) is 26.2 Å². The molecule has 5 rings (SSSR count). The van der Waals surface area contributed by atoms with Crippen molar-refractivity contribution in [1.82, 2.24) is 19.6 Å². The van der Waals surface area contributed by atoms with Crippen LogP contribution in [0.2, 0.25) is 0 Å². The number of benzene rings is 2. The molecule has 0 saturated carbocycles. The summed E-state index contributed by atoms with van der Waals surface area (Å²) in [4.78, 5) is 27.8. The Hall–Kier alpha value is -3.73. The third-order valence-corrected chi connectivity index (χ3v) is 6.32. The number of para-hydroxylation sites is 1. The number of fused-ring (bicyclic) bond motifs is 1. The Balaban J connectivity index is 1.59. The SMILES string of the molecule is C=C(F)C(=O)N1CC(n2nc(-c3ccc(C(F)(F)F)cc3)c3cccc(C(=O)N4CC(O)C4)c32)C1. The highest BCUT2D eigenvalue weighted by Gasteiger charge is 2.37. The van der Waals surface area contributed by atoms with E-state index in [2.05, 4.69) is 11.7 Å². The number of nitrogens with zero attached hydrogens (tertiary/aromatic N) is 4. The molecule has 0 unspecified atom stereocenters. The minimum Gasteiger partial charge on any atom is -0.389 e. The summed E-state index contributed by atoms with van der Waals surface area (Å²) < 4.78 is 54.0. The third kappa shape index (κ3) is 3.95. The summed E-state index contributed by atoms with van der Waals surface area (Å²) >= 11 is 0. The number of aliphatic hydroxyl groups excluding tert-OH is 1. The molecule has 0 aliphatic carbocycles. The topological polar surface area (TPSA) is 78.7 Å². The molecule has 3 heterocycles. The number of halogens is 4. The summed E-state index contributed by atoms with van der Waals surface area (Å²) in [5.74, 6) is -2.22. The summed E-state index contributed by atoms with van der Waals surface area (Å²) in [7, 11) is 0. The van der Waals surface area contributed by atoms with Gasteiger partial charge in [0, 0.05) is 37.1 Å². The molecule has 0 atom stereocenters. The maximum absolute atomic E-state index is 13.3. The van der Waals surface area contributed by atoms with Crippen molar-refractivity contribution in [2.45, 2.75) is 18.3 Å². The van der Waals surface area contributed by atoms with Crippen molar-refractivity contribution in [1.29, 1.82) is 0 Å². The van der Waals surface area contributed by atoms with Crippen LogP contribution in [-0.2, 0) is 11.0 Å². The van der Waals surface area contributed by atoms with Gasteiger partial charge in [0.25, 0.3) is 11.8 Å². The molecule has 2 aliphatic rings. The van der Waals surface area contributed by atoms with Crippen molar-refractivity contribution < 1.29 is 32.3 Å². The van der Waals surface area contributed by atoms with E-state index < -0.39 is 29.6 Å². The number of β-amino-alcohol motifs (C(OH)–C–C–N with tert-alkyl or cyclic N) is 1. The lowest BCUT2D eigenvalue weighted by molar-refractivity contribution is -0.137. The van der Waals surface area contributed by atoms with E-state index in [0.29, 0.717) is 27.7 Å². The van der Waals surface area contributed by atoms with Crippen LogP contribution in [0.4, 0.5) is 17.6 Å². The van der Waals surface area contributed by atoms with Gasteiger partial charge in [-0.3, -0.25) is 14.3 Å². The van der Waals surface area contributed by atoms with Crippen LogP contribution in [0.3, 0.4) is 0 Å². The van der Waals surface area contributed by atoms with Gasteiger partial charge >= 0.3 is 6.18 Å². The molecule has 11 heteroatoms. The average Bonchev–Trinajstić information content (AvgIpc) is 3.14. The zero-order valence-electron chi connectivity index (χ0n) is 18.3. The number of rotatable bonds is 4. The molecule has 1 aromatic heterocycles. The Labute approximate surface area is 196 Å². The molecule has 2 amide bonds. The Kier molecular flexibility index (Phi) is 5.39. The summed E-state index contributed by atoms with van der Waals surface area (Å²) in [6.45, 7) is 3.68. The van der Waals surface area contributed by atoms with E-state index in [-0.39, 0.29) is 38.1 Å². The quantitative estimate of drug-likeness (QED) is 0.451. The molecular formula is C24H20F4N4O3. The van der Waals surface area contributed by atoms with E-state index in [0.717, 1.165) is 12.1 Å². The van der Waals surface area contributed by atoms with Crippen LogP contribution in [0.25, 0.3) is 22.2 Å². The fourth-order valence-electron chi connectivity index (χ4n) is 4.40. The fraction of sp³-hybridized carbons (Fsp3) is 0.292. The van der Waals surface area contributed by atoms with Crippen LogP contribution in [0.1, 0.15) is 22.0 Å². The van der Waals surface area contributed by atoms with Crippen molar-refractivity contribution in [3.63, 3.8) is 0 Å². The van der Waals surface area contributed by atoms with E-state index in [1.807, 2.05) is 0 Å². The van der Waals surface area contributed by atoms with Crippen LogP contribution >= 0.6 is 0 Å². The number of amides is 2. The van der Waals surface area contributed by atoms with Crippen LogP contribution in [0.5, 0.6) is 0 Å². The summed E-state index contributed by atoms with van der Waals surface area (Å²) in [5.41, 5.74) is 0.795. The second-order valence-electron chi connectivity index (χ2n) is 8.70. The van der Waals surface area contributed by atoms with Gasteiger partial charge in [-0.1, -0.05) is 30.8 Å². The number of carbonyl (C=O) groups excluding carboxylic acids is 2. The van der Waals surface area contributed by atoms with E-state index in [4.69, 9.17) is 0 Å². The highest BCUT2D eigenvalue weighted by molar-refractivity contribution is 6.09. The number of aliphatic hydroxyl groups is 1. The van der Waals surface area contributed by atoms with Gasteiger partial charge in [-0.15, -0.1) is 0 Å². The second kappa shape index (κ2) is 8.19. The molecule has 35 heavy (non-hydrogen) atoms. The smallest absolute Gasteiger partial charge is 0.389 e. The molecule has 0 bridgehead atoms. The van der Waals surface area contributed by atoms with Gasteiger partial charge in [-0.05, 0) is 18.2 Å². The van der Waals surface area contributed by atoms with Crippen molar-refractivity contribution >= 4 is 22.7 Å². The maximum atomic E-state index is 13.3. The number of hydrogen-bond donors (Lipinski definition) is 1. The summed E-state index contributed by atoms with van der Waals surface area (Å²) in [6, 6.07) is 9.20. The Morgan fingerprint density at radius 1 is 1.00 bits per heavy atom. The Morgan fingerprint density at radius 3 is 2.23 bits per heavy atom. The number of hydrogen-bond acceptors (Lipinski definition) is 4. The fourth-order valence-corrected chi connectivity index (χ4v) is 4.40. The molecule has 1 N–H and O–H groups in total. The second-order valence-corrected chi connectivity index (χ2v) is 8.70. The molecule has 0 radical (unpaired) electrons. The molecule has 0 spiro atoms. The van der Waals surface area contributed by atoms with E-state index in [9.17, 15) is 32.3 Å². The van der Waals surface area contributed by atoms with Gasteiger partial charge in [0.15, 0.2) is 5.83 Å². The third-order valence-electron chi connectivity index (χ3n) is 6.32. The average molecular weight is 488 g/mol. The largest absolute Gasteiger partial charge is 0.416 e. The number of aromatic nitrogens is 2. The lowest BCUT2D eigenvalue weighted by Gasteiger charge is -2.39. The predicted molar refractivity (Wildman–Crippen MR) is 118 cm³/mol. The van der Waals surface area contributed by atoms with Crippen molar-refractivity contribution in [3.8, 4) is 11.3 Å². The monoisotopic (exact) mass is 488 g/mol. The van der Waals surface area contributed by atoms with Gasteiger partial charge < -0.3 is 14.9 Å². The Bertz CT molecular complexity index is 1340. The first-order valence-electron chi connectivity index (χ1n) is 10.8. The van der Waals surface area contributed by atoms with Crippen LogP contribution < -0.4 is 0 Å². The normalized spacial score (nSPS) is 16.8. The zero-order valence-corrected chi connectivity index (χ0v) is 18.3. The highest BCUT2D eigenvalue weighted by Crippen LogP contribution is 2.37. The first-order valence-corrected chi connectivity index (χ1v) is 10.8. The van der Waals surface area contributed by atoms with Crippen LogP contribution in [0.15, 0.2) is 54.9 Å². The lowest BCUT2D eigenvalue weighted by atomic mass is 10.0. The van der Waals surface area contributed by atoms with E-state index >= 15 is 0 Å².